The Hall–Kier alpha value is -0.920. The van der Waals surface area contributed by atoms with Gasteiger partial charge in [0.25, 0.3) is 0 Å². The molecule has 0 radical (unpaired) electrons. The van der Waals surface area contributed by atoms with Crippen LogP contribution in [0.1, 0.15) is 34.1 Å². The van der Waals surface area contributed by atoms with E-state index >= 15 is 0 Å². The molecule has 0 saturated carbocycles. The molecule has 0 aliphatic rings. The fourth-order valence-electron chi connectivity index (χ4n) is 0.105. The summed E-state index contributed by atoms with van der Waals surface area (Å²) in [5.74, 6) is 0. The molecule has 0 heterocycles. The molecule has 0 N–H and O–H groups in total. The molecule has 0 saturated heterocycles. The monoisotopic (exact) mass is 157 g/mol. The van der Waals surface area contributed by atoms with Crippen molar-refractivity contribution in [3.63, 3.8) is 0 Å². The molecule has 0 amide bonds. The molecule has 2 heteroatoms. The van der Waals surface area contributed by atoms with Crippen molar-refractivity contribution in [3.8, 4) is 0 Å². The summed E-state index contributed by atoms with van der Waals surface area (Å²) in [5, 5.41) is 0. The Balaban J connectivity index is -0.0000000965. The number of nitrogens with zero attached hydrogens (tertiary/aromatic N) is 1. The van der Waals surface area contributed by atoms with E-state index in [1.54, 1.807) is 6.21 Å². The molecular formula is C9H19NO. The maximum absolute atomic E-state index is 9.17. The summed E-state index contributed by atoms with van der Waals surface area (Å²) in [4.78, 5) is 12.8. The number of aldehydes is 1. The highest BCUT2D eigenvalue weighted by atomic mass is 16.1. The first kappa shape index (κ1) is 16.6. The lowest BCUT2D eigenvalue weighted by Crippen LogP contribution is -1.55. The zero-order valence-electron chi connectivity index (χ0n) is 8.00. The van der Waals surface area contributed by atoms with E-state index in [0.29, 0.717) is 6.42 Å². The Morgan fingerprint density at radius 2 is 1.82 bits per heavy atom. The topological polar surface area (TPSA) is 29.4 Å². The summed E-state index contributed by atoms with van der Waals surface area (Å²) in [5.41, 5.74) is 0. The predicted octanol–water partition coefficient (Wildman–Crippen LogP) is 2.84. The van der Waals surface area contributed by atoms with Gasteiger partial charge in [0.15, 0.2) is 0 Å². The second-order valence-electron chi connectivity index (χ2n) is 1.16. The molecule has 0 aromatic rings. The molecule has 0 fully saturated rings. The molecule has 0 aliphatic heterocycles. The van der Waals surface area contributed by atoms with Gasteiger partial charge < -0.3 is 4.79 Å². The van der Waals surface area contributed by atoms with Crippen LogP contribution in [0.5, 0.6) is 0 Å². The summed E-state index contributed by atoms with van der Waals surface area (Å²) >= 11 is 0. The number of rotatable bonds is 2. The van der Waals surface area contributed by atoms with Crippen molar-refractivity contribution < 1.29 is 4.79 Å². The number of carbonyl (C=O) groups excluding carboxylic acids is 1. The fraction of sp³-hybridized carbons (Fsp3) is 0.556. The summed E-state index contributed by atoms with van der Waals surface area (Å²) in [7, 11) is 0. The normalized spacial score (nSPS) is 6.91. The summed E-state index contributed by atoms with van der Waals surface area (Å²) in [6, 6.07) is 0. The van der Waals surface area contributed by atoms with E-state index in [0.717, 1.165) is 6.29 Å². The number of hydrogen-bond donors (Lipinski definition) is 0. The smallest absolute Gasteiger partial charge is 0.119 e. The van der Waals surface area contributed by atoms with Gasteiger partial charge in [0.05, 0.1) is 0 Å². The Morgan fingerprint density at radius 3 is 1.82 bits per heavy atom. The highest BCUT2D eigenvalue weighted by Gasteiger charge is 1.52. The van der Waals surface area contributed by atoms with Gasteiger partial charge in [0.1, 0.15) is 6.29 Å². The van der Waals surface area contributed by atoms with Crippen molar-refractivity contribution >= 4 is 12.5 Å². The average molecular weight is 157 g/mol. The quantitative estimate of drug-likeness (QED) is 0.447. The lowest BCUT2D eigenvalue weighted by Gasteiger charge is -1.58. The van der Waals surface area contributed by atoms with Crippen LogP contribution >= 0.6 is 0 Å². The molecule has 0 aliphatic carbocycles. The molecule has 0 aromatic heterocycles. The third kappa shape index (κ3) is 105. The zero-order chi connectivity index (χ0) is 9.54. The lowest BCUT2D eigenvalue weighted by atomic mass is 10.6. The first-order valence-corrected chi connectivity index (χ1v) is 3.85. The van der Waals surface area contributed by atoms with Gasteiger partial charge in [-0.05, 0) is 6.92 Å². The van der Waals surface area contributed by atoms with Gasteiger partial charge in [0, 0.05) is 18.8 Å². The predicted molar refractivity (Wildman–Crippen MR) is 52.1 cm³/mol. The first-order valence-electron chi connectivity index (χ1n) is 3.85. The van der Waals surface area contributed by atoms with Crippen molar-refractivity contribution in [1.29, 1.82) is 0 Å². The first-order chi connectivity index (χ1) is 5.33. The molecule has 66 valence electrons. The summed E-state index contributed by atoms with van der Waals surface area (Å²) < 4.78 is 0. The van der Waals surface area contributed by atoms with Crippen molar-refractivity contribution in [3.05, 3.63) is 12.8 Å². The molecule has 2 nitrogen and oxygen atoms in total. The molecule has 0 bridgehead atoms. The van der Waals surface area contributed by atoms with E-state index in [4.69, 9.17) is 0 Å². The van der Waals surface area contributed by atoms with Crippen molar-refractivity contribution in [2.45, 2.75) is 34.1 Å². The van der Waals surface area contributed by atoms with Gasteiger partial charge >= 0.3 is 0 Å². The van der Waals surface area contributed by atoms with Gasteiger partial charge in [0.2, 0.25) is 0 Å². The third-order valence-corrected chi connectivity index (χ3v) is 0.421. The van der Waals surface area contributed by atoms with Gasteiger partial charge in [-0.2, -0.15) is 0 Å². The fourth-order valence-corrected chi connectivity index (χ4v) is 0.105. The summed E-state index contributed by atoms with van der Waals surface area (Å²) in [6.07, 6.45) is 4.70. The summed E-state index contributed by atoms with van der Waals surface area (Å²) in [6.45, 7) is 11.0. The lowest BCUT2D eigenvalue weighted by molar-refractivity contribution is -0.107. The van der Waals surface area contributed by atoms with Gasteiger partial charge in [-0.3, -0.25) is 4.99 Å². The van der Waals surface area contributed by atoms with E-state index < -0.39 is 0 Å². The molecule has 0 spiro atoms. The Kier molecular flexibility index (Phi) is 53.7. The van der Waals surface area contributed by atoms with Crippen LogP contribution in [0.3, 0.4) is 0 Å². The number of carbonyl (C=O) groups is 1. The van der Waals surface area contributed by atoms with Crippen LogP contribution in [0.25, 0.3) is 0 Å². The van der Waals surface area contributed by atoms with Crippen LogP contribution in [0, 0.1) is 0 Å². The minimum Gasteiger partial charge on any atom is -0.303 e. The van der Waals surface area contributed by atoms with Crippen molar-refractivity contribution in [2.75, 3.05) is 0 Å². The molecular weight excluding hydrogens is 138 g/mol. The Morgan fingerprint density at radius 1 is 1.45 bits per heavy atom. The van der Waals surface area contributed by atoms with Crippen LogP contribution in [-0.2, 0) is 4.79 Å². The van der Waals surface area contributed by atoms with Crippen LogP contribution in [-0.4, -0.2) is 12.5 Å². The van der Waals surface area contributed by atoms with E-state index in [2.05, 4.69) is 11.6 Å². The minimum absolute atomic E-state index is 0.639. The second kappa shape index (κ2) is 35.6. The minimum atomic E-state index is 0.639. The van der Waals surface area contributed by atoms with Crippen LogP contribution in [0.2, 0.25) is 0 Å². The van der Waals surface area contributed by atoms with Crippen molar-refractivity contribution in [1.82, 2.24) is 0 Å². The third-order valence-electron chi connectivity index (χ3n) is 0.421. The molecule has 0 unspecified atom stereocenters. The van der Waals surface area contributed by atoms with E-state index in [1.165, 1.54) is 6.20 Å². The highest BCUT2D eigenvalue weighted by Crippen LogP contribution is 1.57. The van der Waals surface area contributed by atoms with E-state index in [-0.39, 0.29) is 0 Å². The zero-order valence-corrected chi connectivity index (χ0v) is 8.00. The van der Waals surface area contributed by atoms with Crippen LogP contribution < -0.4 is 0 Å². The van der Waals surface area contributed by atoms with Gasteiger partial charge in [-0.15, -0.1) is 0 Å². The van der Waals surface area contributed by atoms with Gasteiger partial charge in [-0.25, -0.2) is 0 Å². The Bertz CT molecular complexity index is 87.6. The second-order valence-corrected chi connectivity index (χ2v) is 1.16. The standard InChI is InChI=1S/C4H7N.C3H6O.C2H6/c1-3-5-4-2;1-2-3-4;1-2/h3-4H,1H2,2H3;3H,2H2,1H3;1-2H3. The van der Waals surface area contributed by atoms with E-state index in [9.17, 15) is 4.79 Å². The Labute approximate surface area is 70.0 Å². The molecule has 0 rings (SSSR count). The van der Waals surface area contributed by atoms with Crippen LogP contribution in [0.4, 0.5) is 0 Å². The molecule has 0 aromatic carbocycles. The average Bonchev–Trinajstić information content (AvgIpc) is 2.10. The number of aliphatic imine (C=N–C) groups is 1. The van der Waals surface area contributed by atoms with Gasteiger partial charge in [-0.1, -0.05) is 27.4 Å². The number of hydrogen-bond acceptors (Lipinski definition) is 2. The van der Waals surface area contributed by atoms with Crippen LogP contribution in [0.15, 0.2) is 17.8 Å². The SMILES string of the molecule is C=CN=CC.CC.CCC=O. The molecule has 11 heavy (non-hydrogen) atoms. The maximum Gasteiger partial charge on any atom is 0.119 e. The largest absolute Gasteiger partial charge is 0.303 e. The molecule has 0 atom stereocenters. The highest BCUT2D eigenvalue weighted by molar-refractivity contribution is 5.53. The van der Waals surface area contributed by atoms with E-state index in [1.807, 2.05) is 27.7 Å². The van der Waals surface area contributed by atoms with Crippen molar-refractivity contribution in [2.24, 2.45) is 4.99 Å². The maximum atomic E-state index is 9.17.